The summed E-state index contributed by atoms with van der Waals surface area (Å²) in [7, 11) is 1.76. The van der Waals surface area contributed by atoms with Crippen LogP contribution in [0.25, 0.3) is 0 Å². The summed E-state index contributed by atoms with van der Waals surface area (Å²) in [4.78, 5) is 21.3. The van der Waals surface area contributed by atoms with E-state index in [0.717, 1.165) is 45.0 Å². The lowest BCUT2D eigenvalue weighted by Crippen LogP contribution is -2.42. The first-order valence-corrected chi connectivity index (χ1v) is 11.3. The van der Waals surface area contributed by atoms with Crippen LogP contribution >= 0.6 is 0 Å². The molecule has 3 rings (SSSR count). The van der Waals surface area contributed by atoms with Gasteiger partial charge in [0.1, 0.15) is 0 Å². The van der Waals surface area contributed by atoms with Crippen molar-refractivity contribution >= 4 is 17.6 Å². The van der Waals surface area contributed by atoms with E-state index in [0.29, 0.717) is 24.8 Å². The van der Waals surface area contributed by atoms with Crippen molar-refractivity contribution in [3.63, 3.8) is 0 Å². The van der Waals surface area contributed by atoms with Gasteiger partial charge < -0.3 is 19.9 Å². The minimum absolute atomic E-state index is 0.0310. The van der Waals surface area contributed by atoms with E-state index in [1.807, 2.05) is 4.90 Å². The van der Waals surface area contributed by atoms with Gasteiger partial charge in [-0.25, -0.2) is 0 Å². The zero-order valence-electron chi connectivity index (χ0n) is 19.3. The van der Waals surface area contributed by atoms with Gasteiger partial charge in [-0.2, -0.15) is 0 Å². The molecule has 1 aromatic carbocycles. The van der Waals surface area contributed by atoms with Crippen LogP contribution in [0.15, 0.2) is 29.3 Å². The van der Waals surface area contributed by atoms with Gasteiger partial charge in [0.15, 0.2) is 5.96 Å². The number of fused-ring (bicyclic) bond motifs is 1. The van der Waals surface area contributed by atoms with Crippen molar-refractivity contribution in [2.45, 2.75) is 59.0 Å². The number of anilines is 1. The number of amides is 1. The standard InChI is InChI=1S/C24H38N4O2/c1-6-25-23(26-16-21(30-5)24(2,3)4)28-17-18(19-10-7-8-11-20(19)28)13-15-27-14-9-12-22(27)29/h7-8,10-11,18,21H,6,9,12-17H2,1-5H3,(H,25,26). The molecule has 0 radical (unpaired) electrons. The average Bonchev–Trinajstić information content (AvgIpc) is 3.28. The summed E-state index contributed by atoms with van der Waals surface area (Å²) >= 11 is 0. The molecule has 2 aliphatic heterocycles. The van der Waals surface area contributed by atoms with Crippen LogP contribution < -0.4 is 10.2 Å². The average molecular weight is 415 g/mol. The number of hydrogen-bond donors (Lipinski definition) is 1. The van der Waals surface area contributed by atoms with Gasteiger partial charge in [0.05, 0.1) is 12.6 Å². The van der Waals surface area contributed by atoms with E-state index in [2.05, 4.69) is 62.2 Å². The summed E-state index contributed by atoms with van der Waals surface area (Å²) in [5.74, 6) is 1.62. The van der Waals surface area contributed by atoms with Crippen LogP contribution in [0.4, 0.5) is 5.69 Å². The molecular formula is C24H38N4O2. The number of nitrogens with zero attached hydrogens (tertiary/aromatic N) is 3. The van der Waals surface area contributed by atoms with Gasteiger partial charge in [0, 0.05) is 51.3 Å². The molecule has 0 aliphatic carbocycles. The molecule has 6 nitrogen and oxygen atoms in total. The molecule has 1 N–H and O–H groups in total. The number of aliphatic imine (C=N–C) groups is 1. The SMILES string of the molecule is CCNC(=NCC(OC)C(C)(C)C)N1CC(CCN2CCCC2=O)c2ccccc21. The molecule has 0 bridgehead atoms. The Bertz CT molecular complexity index is 756. The van der Waals surface area contributed by atoms with E-state index in [1.165, 1.54) is 11.3 Å². The number of likely N-dealkylation sites (tertiary alicyclic amines) is 1. The smallest absolute Gasteiger partial charge is 0.222 e. The quantitative estimate of drug-likeness (QED) is 0.547. The first-order chi connectivity index (χ1) is 14.3. The molecule has 6 heteroatoms. The molecule has 1 saturated heterocycles. The Hall–Kier alpha value is -2.08. The second-order valence-electron chi connectivity index (χ2n) is 9.42. The highest BCUT2D eigenvalue weighted by Gasteiger charge is 2.32. The predicted octanol–water partition coefficient (Wildman–Crippen LogP) is 3.63. The molecule has 0 saturated carbocycles. The lowest BCUT2D eigenvalue weighted by molar-refractivity contribution is -0.127. The van der Waals surface area contributed by atoms with Crippen molar-refractivity contribution in [2.24, 2.45) is 10.4 Å². The summed E-state index contributed by atoms with van der Waals surface area (Å²) in [6.45, 7) is 12.7. The molecule has 30 heavy (non-hydrogen) atoms. The number of hydrogen-bond acceptors (Lipinski definition) is 3. The third-order valence-corrected chi connectivity index (χ3v) is 6.24. The highest BCUT2D eigenvalue weighted by molar-refractivity contribution is 5.98. The van der Waals surface area contributed by atoms with Crippen molar-refractivity contribution < 1.29 is 9.53 Å². The molecule has 166 valence electrons. The molecule has 2 atom stereocenters. The summed E-state index contributed by atoms with van der Waals surface area (Å²) in [6, 6.07) is 8.61. The van der Waals surface area contributed by atoms with Crippen LogP contribution in [0.5, 0.6) is 0 Å². The monoisotopic (exact) mass is 414 g/mol. The molecule has 1 aromatic rings. The third kappa shape index (κ3) is 5.15. The molecule has 1 amide bonds. The zero-order chi connectivity index (χ0) is 21.7. The van der Waals surface area contributed by atoms with Crippen molar-refractivity contribution in [3.8, 4) is 0 Å². The van der Waals surface area contributed by atoms with Gasteiger partial charge in [-0.1, -0.05) is 39.0 Å². The minimum atomic E-state index is 0.0310. The number of methoxy groups -OCH3 is 1. The first-order valence-electron chi connectivity index (χ1n) is 11.3. The van der Waals surface area contributed by atoms with Crippen LogP contribution in [-0.2, 0) is 9.53 Å². The van der Waals surface area contributed by atoms with Gasteiger partial charge in [-0.15, -0.1) is 0 Å². The number of nitrogens with one attached hydrogen (secondary N) is 1. The van der Waals surface area contributed by atoms with E-state index < -0.39 is 0 Å². The van der Waals surface area contributed by atoms with Crippen LogP contribution in [0.3, 0.4) is 0 Å². The second kappa shape index (κ2) is 9.82. The van der Waals surface area contributed by atoms with Gasteiger partial charge in [-0.3, -0.25) is 9.79 Å². The maximum atomic E-state index is 12.0. The fourth-order valence-corrected chi connectivity index (χ4v) is 4.46. The number of para-hydroxylation sites is 1. The number of benzene rings is 1. The second-order valence-corrected chi connectivity index (χ2v) is 9.42. The maximum Gasteiger partial charge on any atom is 0.222 e. The lowest BCUT2D eigenvalue weighted by atomic mass is 9.89. The molecular weight excluding hydrogens is 376 g/mol. The van der Waals surface area contributed by atoms with Crippen molar-refractivity contribution in [2.75, 3.05) is 44.7 Å². The number of carbonyl (C=O) groups is 1. The molecule has 0 spiro atoms. The Balaban J connectivity index is 1.77. The zero-order valence-corrected chi connectivity index (χ0v) is 19.3. The van der Waals surface area contributed by atoms with E-state index >= 15 is 0 Å². The molecule has 2 heterocycles. The van der Waals surface area contributed by atoms with Crippen LogP contribution in [0.2, 0.25) is 0 Å². The summed E-state index contributed by atoms with van der Waals surface area (Å²) < 4.78 is 5.71. The fraction of sp³-hybridized carbons (Fsp3) is 0.667. The van der Waals surface area contributed by atoms with E-state index in [4.69, 9.17) is 9.73 Å². The van der Waals surface area contributed by atoms with Gasteiger partial charge in [0.2, 0.25) is 5.91 Å². The number of guanidine groups is 1. The van der Waals surface area contributed by atoms with Gasteiger partial charge in [0.25, 0.3) is 0 Å². The summed E-state index contributed by atoms with van der Waals surface area (Å²) in [6.07, 6.45) is 2.75. The maximum absolute atomic E-state index is 12.0. The Morgan fingerprint density at radius 3 is 2.73 bits per heavy atom. The van der Waals surface area contributed by atoms with E-state index in [1.54, 1.807) is 7.11 Å². The van der Waals surface area contributed by atoms with Crippen LogP contribution in [0.1, 0.15) is 58.4 Å². The third-order valence-electron chi connectivity index (χ3n) is 6.24. The van der Waals surface area contributed by atoms with Crippen molar-refractivity contribution in [3.05, 3.63) is 29.8 Å². The molecule has 2 aliphatic rings. The predicted molar refractivity (Wildman–Crippen MR) is 123 cm³/mol. The van der Waals surface area contributed by atoms with Crippen LogP contribution in [-0.4, -0.2) is 62.7 Å². The lowest BCUT2D eigenvalue weighted by Gasteiger charge is -2.29. The molecule has 2 unspecified atom stereocenters. The Kier molecular flexibility index (Phi) is 7.40. The number of rotatable bonds is 7. The van der Waals surface area contributed by atoms with Crippen molar-refractivity contribution in [1.82, 2.24) is 10.2 Å². The molecule has 1 fully saturated rings. The number of ether oxygens (including phenoxy) is 1. The first kappa shape index (κ1) is 22.6. The fourth-order valence-electron chi connectivity index (χ4n) is 4.46. The van der Waals surface area contributed by atoms with Crippen LogP contribution in [0, 0.1) is 5.41 Å². The Labute approximate surface area is 181 Å². The van der Waals surface area contributed by atoms with E-state index in [9.17, 15) is 4.79 Å². The normalized spacial score (nSPS) is 20.6. The van der Waals surface area contributed by atoms with E-state index in [-0.39, 0.29) is 11.5 Å². The summed E-state index contributed by atoms with van der Waals surface area (Å²) in [5.41, 5.74) is 2.61. The van der Waals surface area contributed by atoms with Crippen molar-refractivity contribution in [1.29, 1.82) is 0 Å². The topological polar surface area (TPSA) is 57.2 Å². The molecule has 0 aromatic heterocycles. The Morgan fingerprint density at radius 2 is 2.10 bits per heavy atom. The highest BCUT2D eigenvalue weighted by atomic mass is 16.5. The van der Waals surface area contributed by atoms with Gasteiger partial charge >= 0.3 is 0 Å². The number of carbonyl (C=O) groups excluding carboxylic acids is 1. The Morgan fingerprint density at radius 1 is 1.33 bits per heavy atom. The largest absolute Gasteiger partial charge is 0.379 e. The minimum Gasteiger partial charge on any atom is -0.379 e. The van der Waals surface area contributed by atoms with Gasteiger partial charge in [-0.05, 0) is 36.8 Å². The highest BCUT2D eigenvalue weighted by Crippen LogP contribution is 2.38. The summed E-state index contributed by atoms with van der Waals surface area (Å²) in [5, 5.41) is 3.48.